The van der Waals surface area contributed by atoms with Crippen LogP contribution in [0.15, 0.2) is 29.6 Å². The van der Waals surface area contributed by atoms with Gasteiger partial charge >= 0.3 is 6.18 Å². The molecule has 0 fully saturated rings. The van der Waals surface area contributed by atoms with Gasteiger partial charge in [0.2, 0.25) is 5.91 Å². The quantitative estimate of drug-likeness (QED) is 0.334. The Labute approximate surface area is 190 Å². The van der Waals surface area contributed by atoms with Gasteiger partial charge in [0.1, 0.15) is 16.2 Å². The van der Waals surface area contributed by atoms with E-state index < -0.39 is 22.9 Å². The molecule has 0 aliphatic heterocycles. The zero-order valence-corrected chi connectivity index (χ0v) is 19.1. The standard InChI is InChI=1S/C21H19ClF3N3OS2/c1-10-3-5-13-16(7-10)31-20-17(13)19(26-9-27-20)30-11(2)18(29)28-15-8-12(21(23,24)25)4-6-14(15)22/h4,6,8-11H,3,5,7H2,1-2H3,(H,28,29)/t10-,11-/m1/s1. The Balaban J connectivity index is 1.56. The second-order valence-corrected chi connectivity index (χ2v) is 10.5. The van der Waals surface area contributed by atoms with Gasteiger partial charge in [-0.05, 0) is 55.9 Å². The first-order valence-electron chi connectivity index (χ1n) is 9.73. The smallest absolute Gasteiger partial charge is 0.324 e. The minimum absolute atomic E-state index is 0.0454. The van der Waals surface area contributed by atoms with Crippen molar-refractivity contribution in [1.82, 2.24) is 9.97 Å². The molecular formula is C21H19ClF3N3OS2. The fourth-order valence-electron chi connectivity index (χ4n) is 3.59. The number of anilines is 1. The number of thioether (sulfide) groups is 1. The molecule has 1 amide bonds. The van der Waals surface area contributed by atoms with Gasteiger partial charge in [-0.15, -0.1) is 11.3 Å². The third kappa shape index (κ3) is 4.68. The van der Waals surface area contributed by atoms with E-state index in [1.54, 1.807) is 18.3 Å². The summed E-state index contributed by atoms with van der Waals surface area (Å²) in [4.78, 5) is 23.8. The van der Waals surface area contributed by atoms with Crippen LogP contribution in [-0.2, 0) is 23.8 Å². The van der Waals surface area contributed by atoms with Gasteiger partial charge in [-0.1, -0.05) is 30.3 Å². The summed E-state index contributed by atoms with van der Waals surface area (Å²) in [6.07, 6.45) is 0.0429. The second-order valence-electron chi connectivity index (χ2n) is 7.65. The first-order chi connectivity index (χ1) is 14.6. The van der Waals surface area contributed by atoms with E-state index in [1.165, 1.54) is 28.5 Å². The van der Waals surface area contributed by atoms with E-state index >= 15 is 0 Å². The maximum absolute atomic E-state index is 13.0. The molecule has 0 spiro atoms. The lowest BCUT2D eigenvalue weighted by Crippen LogP contribution is -2.23. The predicted octanol–water partition coefficient (Wildman–Crippen LogP) is 6.61. The van der Waals surface area contributed by atoms with Crippen molar-refractivity contribution < 1.29 is 18.0 Å². The van der Waals surface area contributed by atoms with E-state index in [-0.39, 0.29) is 10.7 Å². The lowest BCUT2D eigenvalue weighted by atomic mass is 9.89. The Bertz CT molecular complexity index is 1150. The van der Waals surface area contributed by atoms with Crippen LogP contribution in [0.5, 0.6) is 0 Å². The van der Waals surface area contributed by atoms with Crippen LogP contribution in [0.25, 0.3) is 10.2 Å². The Hall–Kier alpha value is -1.84. The van der Waals surface area contributed by atoms with Crippen LogP contribution >= 0.6 is 34.7 Å². The number of fused-ring (bicyclic) bond motifs is 3. The van der Waals surface area contributed by atoms with E-state index in [1.807, 2.05) is 0 Å². The first-order valence-corrected chi connectivity index (χ1v) is 11.8. The molecule has 164 valence electrons. The average molecular weight is 486 g/mol. The average Bonchev–Trinajstić information content (AvgIpc) is 3.07. The molecule has 0 radical (unpaired) electrons. The fraction of sp³-hybridized carbons (Fsp3) is 0.381. The SMILES string of the molecule is C[C@@H]1CCc2c(sc3ncnc(S[C@H](C)C(=O)Nc4cc(C(F)(F)F)ccc4Cl)c23)C1. The molecule has 1 aliphatic rings. The zero-order valence-electron chi connectivity index (χ0n) is 16.7. The van der Waals surface area contributed by atoms with Crippen LogP contribution in [0.4, 0.5) is 18.9 Å². The fourth-order valence-corrected chi connectivity index (χ4v) is 6.11. The number of amides is 1. The molecule has 3 aromatic rings. The van der Waals surface area contributed by atoms with Gasteiger partial charge in [0.05, 0.1) is 21.5 Å². The predicted molar refractivity (Wildman–Crippen MR) is 119 cm³/mol. The van der Waals surface area contributed by atoms with Crippen LogP contribution in [0.3, 0.4) is 0 Å². The summed E-state index contributed by atoms with van der Waals surface area (Å²) in [6.45, 7) is 3.93. The summed E-state index contributed by atoms with van der Waals surface area (Å²) in [5.41, 5.74) is 0.322. The van der Waals surface area contributed by atoms with Crippen LogP contribution in [-0.4, -0.2) is 21.1 Å². The van der Waals surface area contributed by atoms with Gasteiger partial charge in [-0.3, -0.25) is 4.79 Å². The van der Waals surface area contributed by atoms with Crippen molar-refractivity contribution in [3.63, 3.8) is 0 Å². The number of carbonyl (C=O) groups is 1. The van der Waals surface area contributed by atoms with Gasteiger partial charge in [-0.2, -0.15) is 13.2 Å². The molecule has 4 rings (SSSR count). The number of hydrogen-bond acceptors (Lipinski definition) is 5. The van der Waals surface area contributed by atoms with E-state index in [0.29, 0.717) is 5.92 Å². The third-order valence-corrected chi connectivity index (χ3v) is 7.86. The normalized spacial score (nSPS) is 17.4. The van der Waals surface area contributed by atoms with E-state index in [4.69, 9.17) is 11.6 Å². The Morgan fingerprint density at radius 1 is 1.35 bits per heavy atom. The van der Waals surface area contributed by atoms with Gasteiger partial charge in [-0.25, -0.2) is 9.97 Å². The molecule has 2 aromatic heterocycles. The molecule has 10 heteroatoms. The number of halogens is 4. The molecule has 2 heterocycles. The number of thiophene rings is 1. The van der Waals surface area contributed by atoms with Crippen LogP contribution < -0.4 is 5.32 Å². The lowest BCUT2D eigenvalue weighted by molar-refractivity contribution is -0.137. The molecule has 31 heavy (non-hydrogen) atoms. The number of nitrogens with zero attached hydrogens (tertiary/aromatic N) is 2. The zero-order chi connectivity index (χ0) is 22.3. The van der Waals surface area contributed by atoms with Crippen molar-refractivity contribution in [2.24, 2.45) is 5.92 Å². The summed E-state index contributed by atoms with van der Waals surface area (Å²) in [5, 5.41) is 3.68. The number of aromatic nitrogens is 2. The number of benzene rings is 1. The summed E-state index contributed by atoms with van der Waals surface area (Å²) in [5.74, 6) is 0.183. The van der Waals surface area contributed by atoms with Gasteiger partial charge in [0, 0.05) is 10.3 Å². The first kappa shape index (κ1) is 22.4. The van der Waals surface area contributed by atoms with Crippen molar-refractivity contribution in [2.45, 2.75) is 49.6 Å². The molecule has 0 bridgehead atoms. The van der Waals surface area contributed by atoms with Crippen LogP contribution in [0, 0.1) is 5.92 Å². The number of aryl methyl sites for hydroxylation is 1. The van der Waals surface area contributed by atoms with Crippen molar-refractivity contribution in [2.75, 3.05) is 5.32 Å². The molecule has 1 N–H and O–H groups in total. The minimum atomic E-state index is -4.52. The minimum Gasteiger partial charge on any atom is -0.324 e. The van der Waals surface area contributed by atoms with E-state index in [2.05, 4.69) is 22.2 Å². The monoisotopic (exact) mass is 485 g/mol. The number of carbonyl (C=O) groups excluding carboxylic acids is 1. The molecule has 2 atom stereocenters. The van der Waals surface area contributed by atoms with Crippen molar-refractivity contribution in [3.8, 4) is 0 Å². The number of hydrogen-bond donors (Lipinski definition) is 1. The van der Waals surface area contributed by atoms with Crippen molar-refractivity contribution >= 4 is 56.5 Å². The number of nitrogens with one attached hydrogen (secondary N) is 1. The molecule has 1 aliphatic carbocycles. The Morgan fingerprint density at radius 2 is 2.13 bits per heavy atom. The number of alkyl halides is 3. The topological polar surface area (TPSA) is 54.9 Å². The highest BCUT2D eigenvalue weighted by Crippen LogP contribution is 2.41. The molecule has 0 saturated heterocycles. The highest BCUT2D eigenvalue weighted by molar-refractivity contribution is 8.00. The highest BCUT2D eigenvalue weighted by Gasteiger charge is 2.31. The summed E-state index contributed by atoms with van der Waals surface area (Å²) in [7, 11) is 0. The lowest BCUT2D eigenvalue weighted by Gasteiger charge is -2.18. The largest absolute Gasteiger partial charge is 0.416 e. The molecule has 0 unspecified atom stereocenters. The maximum Gasteiger partial charge on any atom is 0.416 e. The highest BCUT2D eigenvalue weighted by atomic mass is 35.5. The molecule has 4 nitrogen and oxygen atoms in total. The summed E-state index contributed by atoms with van der Waals surface area (Å²) >= 11 is 8.95. The Morgan fingerprint density at radius 3 is 2.87 bits per heavy atom. The van der Waals surface area contributed by atoms with Crippen LogP contribution in [0.2, 0.25) is 5.02 Å². The van der Waals surface area contributed by atoms with Crippen LogP contribution in [0.1, 0.15) is 36.3 Å². The van der Waals surface area contributed by atoms with E-state index in [0.717, 1.165) is 52.7 Å². The maximum atomic E-state index is 13.0. The van der Waals surface area contributed by atoms with Crippen molar-refractivity contribution in [3.05, 3.63) is 45.6 Å². The summed E-state index contributed by atoms with van der Waals surface area (Å²) < 4.78 is 39.0. The van der Waals surface area contributed by atoms with E-state index in [9.17, 15) is 18.0 Å². The molecule has 1 aromatic carbocycles. The third-order valence-electron chi connectivity index (χ3n) is 5.27. The second kappa shape index (κ2) is 8.60. The Kier molecular flexibility index (Phi) is 6.20. The van der Waals surface area contributed by atoms with Crippen molar-refractivity contribution in [1.29, 1.82) is 0 Å². The number of rotatable bonds is 4. The van der Waals surface area contributed by atoms with Gasteiger partial charge < -0.3 is 5.32 Å². The van der Waals surface area contributed by atoms with Gasteiger partial charge in [0.15, 0.2) is 0 Å². The summed E-state index contributed by atoms with van der Waals surface area (Å²) in [6, 6.07) is 2.86. The van der Waals surface area contributed by atoms with Gasteiger partial charge in [0.25, 0.3) is 0 Å². The molecular weight excluding hydrogens is 467 g/mol. The molecule has 0 saturated carbocycles.